The number of carbonyl (C=O) groups is 1. The predicted octanol–water partition coefficient (Wildman–Crippen LogP) is 1.92. The molecular weight excluding hydrogens is 200 g/mol. The summed E-state index contributed by atoms with van der Waals surface area (Å²) >= 11 is 0. The van der Waals surface area contributed by atoms with Gasteiger partial charge in [0.1, 0.15) is 0 Å². The maximum absolute atomic E-state index is 11.9. The second-order valence-electron chi connectivity index (χ2n) is 4.16. The predicted molar refractivity (Wildman–Crippen MR) is 65.4 cm³/mol. The fraction of sp³-hybridized carbons (Fsp3) is 0.462. The van der Waals surface area contributed by atoms with Gasteiger partial charge in [-0.05, 0) is 31.5 Å². The van der Waals surface area contributed by atoms with Crippen LogP contribution in [0.25, 0.3) is 0 Å². The van der Waals surface area contributed by atoms with E-state index in [-0.39, 0.29) is 5.91 Å². The van der Waals surface area contributed by atoms with Gasteiger partial charge in [-0.3, -0.25) is 4.79 Å². The van der Waals surface area contributed by atoms with E-state index in [4.69, 9.17) is 0 Å². The number of anilines is 1. The van der Waals surface area contributed by atoms with Crippen LogP contribution in [0.1, 0.15) is 24.8 Å². The second kappa shape index (κ2) is 5.12. The van der Waals surface area contributed by atoms with Crippen LogP contribution in [-0.4, -0.2) is 19.5 Å². The zero-order valence-electron chi connectivity index (χ0n) is 9.70. The average Bonchev–Trinajstić information content (AvgIpc) is 2.31. The first-order valence-corrected chi connectivity index (χ1v) is 5.86. The highest BCUT2D eigenvalue weighted by Gasteiger charge is 2.21. The number of hydrogen-bond donors (Lipinski definition) is 1. The largest absolute Gasteiger partial charge is 0.316 e. The first kappa shape index (κ1) is 11.1. The van der Waals surface area contributed by atoms with Gasteiger partial charge in [0.05, 0.1) is 0 Å². The van der Waals surface area contributed by atoms with Gasteiger partial charge in [0.15, 0.2) is 0 Å². The van der Waals surface area contributed by atoms with Gasteiger partial charge in [0.2, 0.25) is 5.91 Å². The normalized spacial score (nSPS) is 16.6. The van der Waals surface area contributed by atoms with Gasteiger partial charge in [-0.2, -0.15) is 0 Å². The molecule has 0 radical (unpaired) electrons. The van der Waals surface area contributed by atoms with Crippen molar-refractivity contribution < 1.29 is 4.79 Å². The molecule has 1 aliphatic heterocycles. The third-order valence-corrected chi connectivity index (χ3v) is 2.97. The van der Waals surface area contributed by atoms with Crippen molar-refractivity contribution in [2.75, 3.05) is 18.5 Å². The molecular formula is C13H18N2O. The molecule has 0 bridgehead atoms. The lowest BCUT2D eigenvalue weighted by molar-refractivity contribution is -0.119. The van der Waals surface area contributed by atoms with E-state index in [2.05, 4.69) is 11.4 Å². The number of carbonyl (C=O) groups excluding carboxylic acids is 1. The fourth-order valence-corrected chi connectivity index (χ4v) is 2.17. The number of nitrogens with one attached hydrogen (secondary N) is 1. The van der Waals surface area contributed by atoms with E-state index in [1.807, 2.05) is 30.1 Å². The van der Waals surface area contributed by atoms with Gasteiger partial charge in [-0.15, -0.1) is 0 Å². The summed E-state index contributed by atoms with van der Waals surface area (Å²) in [5.41, 5.74) is 2.27. The number of hydrogen-bond acceptors (Lipinski definition) is 2. The van der Waals surface area contributed by atoms with E-state index in [1.54, 1.807) is 0 Å². The van der Waals surface area contributed by atoms with Crippen LogP contribution in [0.3, 0.4) is 0 Å². The summed E-state index contributed by atoms with van der Waals surface area (Å²) in [6.07, 6.45) is 2.83. The number of para-hydroxylation sites is 1. The molecule has 1 amide bonds. The minimum Gasteiger partial charge on any atom is -0.316 e. The summed E-state index contributed by atoms with van der Waals surface area (Å²) in [7, 11) is 1.93. The van der Waals surface area contributed by atoms with Gasteiger partial charge in [0, 0.05) is 25.2 Å². The maximum Gasteiger partial charge on any atom is 0.226 e. The van der Waals surface area contributed by atoms with E-state index in [0.717, 1.165) is 31.6 Å². The third-order valence-electron chi connectivity index (χ3n) is 2.97. The Hall–Kier alpha value is -1.35. The van der Waals surface area contributed by atoms with Crippen LogP contribution in [0.5, 0.6) is 0 Å². The number of piperidine rings is 1. The first-order valence-electron chi connectivity index (χ1n) is 5.86. The summed E-state index contributed by atoms with van der Waals surface area (Å²) in [4.78, 5) is 13.8. The summed E-state index contributed by atoms with van der Waals surface area (Å²) < 4.78 is 0. The SMILES string of the molecule is CNCc1ccccc1N1CCCCC1=O. The number of benzene rings is 1. The van der Waals surface area contributed by atoms with Crippen molar-refractivity contribution in [3.8, 4) is 0 Å². The van der Waals surface area contributed by atoms with Gasteiger partial charge in [-0.25, -0.2) is 0 Å². The molecule has 0 atom stereocenters. The molecule has 0 unspecified atom stereocenters. The van der Waals surface area contributed by atoms with Crippen LogP contribution in [-0.2, 0) is 11.3 Å². The summed E-state index contributed by atoms with van der Waals surface area (Å²) in [6.45, 7) is 1.67. The van der Waals surface area contributed by atoms with E-state index < -0.39 is 0 Å². The molecule has 0 saturated carbocycles. The quantitative estimate of drug-likeness (QED) is 0.840. The van der Waals surface area contributed by atoms with E-state index in [1.165, 1.54) is 5.56 Å². The molecule has 1 heterocycles. The van der Waals surface area contributed by atoms with Crippen LogP contribution < -0.4 is 10.2 Å². The zero-order valence-corrected chi connectivity index (χ0v) is 9.70. The molecule has 0 spiro atoms. The van der Waals surface area contributed by atoms with Crippen molar-refractivity contribution in [3.63, 3.8) is 0 Å². The third kappa shape index (κ3) is 2.25. The summed E-state index contributed by atoms with van der Waals surface area (Å²) in [5.74, 6) is 0.259. The van der Waals surface area contributed by atoms with E-state index in [0.29, 0.717) is 6.42 Å². The molecule has 16 heavy (non-hydrogen) atoms. The second-order valence-corrected chi connectivity index (χ2v) is 4.16. The molecule has 0 aromatic heterocycles. The molecule has 3 heteroatoms. The van der Waals surface area contributed by atoms with Gasteiger partial charge < -0.3 is 10.2 Å². The molecule has 0 aliphatic carbocycles. The molecule has 1 aromatic carbocycles. The lowest BCUT2D eigenvalue weighted by Crippen LogP contribution is -2.36. The highest BCUT2D eigenvalue weighted by Crippen LogP contribution is 2.24. The van der Waals surface area contributed by atoms with Crippen molar-refractivity contribution in [1.29, 1.82) is 0 Å². The first-order chi connectivity index (χ1) is 7.83. The number of nitrogens with zero attached hydrogens (tertiary/aromatic N) is 1. The average molecular weight is 218 g/mol. The highest BCUT2D eigenvalue weighted by atomic mass is 16.2. The lowest BCUT2D eigenvalue weighted by atomic mass is 10.1. The topological polar surface area (TPSA) is 32.3 Å². The molecule has 2 rings (SSSR count). The minimum absolute atomic E-state index is 0.259. The molecule has 86 valence electrons. The number of amides is 1. The van der Waals surface area contributed by atoms with E-state index in [9.17, 15) is 4.79 Å². The van der Waals surface area contributed by atoms with Crippen molar-refractivity contribution in [1.82, 2.24) is 5.32 Å². The Balaban J connectivity index is 2.27. The lowest BCUT2D eigenvalue weighted by Gasteiger charge is -2.28. The van der Waals surface area contributed by atoms with Crippen molar-refractivity contribution >= 4 is 11.6 Å². The molecule has 1 aliphatic rings. The molecule has 1 N–H and O–H groups in total. The van der Waals surface area contributed by atoms with Crippen LogP contribution in [0.4, 0.5) is 5.69 Å². The fourth-order valence-electron chi connectivity index (χ4n) is 2.17. The smallest absolute Gasteiger partial charge is 0.226 e. The standard InChI is InChI=1S/C13H18N2O/c1-14-10-11-6-2-3-7-12(11)15-9-5-4-8-13(15)16/h2-3,6-7,14H,4-5,8-10H2,1H3. The molecule has 1 fully saturated rings. The van der Waals surface area contributed by atoms with Crippen LogP contribution >= 0.6 is 0 Å². The molecule has 1 aromatic rings. The van der Waals surface area contributed by atoms with Crippen LogP contribution in [0.2, 0.25) is 0 Å². The Labute approximate surface area is 96.5 Å². The highest BCUT2D eigenvalue weighted by molar-refractivity contribution is 5.94. The van der Waals surface area contributed by atoms with Crippen molar-refractivity contribution in [3.05, 3.63) is 29.8 Å². The minimum atomic E-state index is 0.259. The van der Waals surface area contributed by atoms with Crippen molar-refractivity contribution in [2.45, 2.75) is 25.8 Å². The Kier molecular flexibility index (Phi) is 3.57. The molecule has 1 saturated heterocycles. The maximum atomic E-state index is 11.9. The zero-order chi connectivity index (χ0) is 11.4. The van der Waals surface area contributed by atoms with Crippen LogP contribution in [0, 0.1) is 0 Å². The Morgan fingerprint density at radius 3 is 2.88 bits per heavy atom. The Bertz CT molecular complexity index is 376. The van der Waals surface area contributed by atoms with Gasteiger partial charge in [-0.1, -0.05) is 18.2 Å². The van der Waals surface area contributed by atoms with Gasteiger partial charge >= 0.3 is 0 Å². The Morgan fingerprint density at radius 2 is 2.12 bits per heavy atom. The monoisotopic (exact) mass is 218 g/mol. The van der Waals surface area contributed by atoms with Gasteiger partial charge in [0.25, 0.3) is 0 Å². The summed E-state index contributed by atoms with van der Waals surface area (Å²) in [5, 5.41) is 3.14. The molecule has 3 nitrogen and oxygen atoms in total. The van der Waals surface area contributed by atoms with E-state index >= 15 is 0 Å². The van der Waals surface area contributed by atoms with Crippen molar-refractivity contribution in [2.24, 2.45) is 0 Å². The summed E-state index contributed by atoms with van der Waals surface area (Å²) in [6, 6.07) is 8.13. The number of rotatable bonds is 3. The Morgan fingerprint density at radius 1 is 1.31 bits per heavy atom. The van der Waals surface area contributed by atoms with Crippen LogP contribution in [0.15, 0.2) is 24.3 Å².